The molecular formula is C19H15FN6O2S2. The normalized spacial score (nSPS) is 10.9. The number of carbonyl (C=O) groups excluding carboxylic acids is 1. The third kappa shape index (κ3) is 4.63. The quantitative estimate of drug-likeness (QED) is 0.359. The number of anilines is 2. The molecule has 0 bridgehead atoms. The number of hydrogen-bond donors (Lipinski definition) is 2. The first kappa shape index (κ1) is 20.0. The summed E-state index contributed by atoms with van der Waals surface area (Å²) in [4.78, 5) is 28.8. The van der Waals surface area contributed by atoms with E-state index >= 15 is 0 Å². The molecule has 0 fully saturated rings. The first-order valence-electron chi connectivity index (χ1n) is 8.76. The number of carbonyl (C=O) groups is 1. The summed E-state index contributed by atoms with van der Waals surface area (Å²) in [6, 6.07) is 10.2. The Morgan fingerprint density at radius 1 is 1.20 bits per heavy atom. The van der Waals surface area contributed by atoms with E-state index in [9.17, 15) is 14.0 Å². The maximum Gasteiger partial charge on any atom is 0.325 e. The lowest BCUT2D eigenvalue weighted by Crippen LogP contribution is -2.19. The second-order valence-corrected chi connectivity index (χ2v) is 8.42. The van der Waals surface area contributed by atoms with E-state index in [0.29, 0.717) is 32.3 Å². The highest BCUT2D eigenvalue weighted by molar-refractivity contribution is 8.00. The summed E-state index contributed by atoms with van der Waals surface area (Å²) in [5.41, 5.74) is 2.35. The molecule has 8 nitrogen and oxygen atoms in total. The third-order valence-electron chi connectivity index (χ3n) is 3.99. The van der Waals surface area contributed by atoms with Crippen LogP contribution in [0.15, 0.2) is 57.8 Å². The van der Waals surface area contributed by atoms with Crippen molar-refractivity contribution in [2.24, 2.45) is 0 Å². The van der Waals surface area contributed by atoms with Crippen LogP contribution in [0.1, 0.15) is 11.3 Å². The van der Waals surface area contributed by atoms with Gasteiger partial charge in [-0.2, -0.15) is 0 Å². The van der Waals surface area contributed by atoms with Crippen LogP contribution in [0, 0.1) is 12.7 Å². The van der Waals surface area contributed by atoms with Gasteiger partial charge in [-0.05, 0) is 36.8 Å². The maximum atomic E-state index is 13.2. The van der Waals surface area contributed by atoms with Crippen LogP contribution in [0.25, 0.3) is 5.65 Å². The largest absolute Gasteiger partial charge is 0.325 e. The first-order valence-corrected chi connectivity index (χ1v) is 10.6. The van der Waals surface area contributed by atoms with Crippen LogP contribution in [-0.4, -0.2) is 25.6 Å². The van der Waals surface area contributed by atoms with Crippen LogP contribution < -0.4 is 16.2 Å². The molecule has 2 N–H and O–H groups in total. The van der Waals surface area contributed by atoms with Crippen molar-refractivity contribution in [2.75, 3.05) is 10.6 Å². The fourth-order valence-electron chi connectivity index (χ4n) is 2.66. The number of nitrogens with zero attached hydrogens (tertiary/aromatic N) is 4. The molecule has 1 aromatic carbocycles. The first-order chi connectivity index (χ1) is 14.5. The topological polar surface area (TPSA) is 101 Å². The van der Waals surface area contributed by atoms with Crippen LogP contribution in [0.4, 0.5) is 20.0 Å². The molecule has 0 aliphatic heterocycles. The van der Waals surface area contributed by atoms with E-state index in [0.717, 1.165) is 5.56 Å². The molecular weight excluding hydrogens is 427 g/mol. The molecule has 30 heavy (non-hydrogen) atoms. The molecule has 4 rings (SSSR count). The van der Waals surface area contributed by atoms with Crippen molar-refractivity contribution < 1.29 is 9.18 Å². The number of thioether (sulfide) groups is 1. The number of urea groups is 1. The van der Waals surface area contributed by atoms with Gasteiger partial charge in [-0.1, -0.05) is 35.2 Å². The average Bonchev–Trinajstić information content (AvgIpc) is 3.14. The Bertz CT molecular complexity index is 1290. The van der Waals surface area contributed by atoms with Crippen molar-refractivity contribution in [3.05, 3.63) is 76.1 Å². The van der Waals surface area contributed by atoms with Crippen LogP contribution in [0.5, 0.6) is 0 Å². The van der Waals surface area contributed by atoms with Gasteiger partial charge in [-0.3, -0.25) is 14.5 Å². The standard InChI is InChI=1S/C19H15FN6O2S2/c1-11-4-3-7-26-15(27)9-14(21-16(11)26)10-29-19-25-24-18(30-19)23-17(28)22-13-6-2-5-12(20)8-13/h2-9H,10H2,1H3,(H2,22,23,24,28). The molecule has 0 saturated heterocycles. The predicted molar refractivity (Wildman–Crippen MR) is 115 cm³/mol. The number of pyridine rings is 1. The molecule has 0 aliphatic carbocycles. The Morgan fingerprint density at radius 2 is 2.07 bits per heavy atom. The number of nitrogens with one attached hydrogen (secondary N) is 2. The van der Waals surface area contributed by atoms with Gasteiger partial charge in [0.05, 0.1) is 5.69 Å². The van der Waals surface area contributed by atoms with Crippen molar-refractivity contribution in [1.82, 2.24) is 19.6 Å². The van der Waals surface area contributed by atoms with Crippen molar-refractivity contribution >= 4 is 45.6 Å². The predicted octanol–water partition coefficient (Wildman–Crippen LogP) is 3.93. The Hall–Kier alpha value is -3.31. The minimum Gasteiger partial charge on any atom is -0.308 e. The molecule has 0 spiro atoms. The molecule has 2 amide bonds. The molecule has 3 heterocycles. The van der Waals surface area contributed by atoms with Gasteiger partial charge in [0.25, 0.3) is 5.56 Å². The van der Waals surface area contributed by atoms with Gasteiger partial charge in [0.15, 0.2) is 4.34 Å². The lowest BCUT2D eigenvalue weighted by molar-refractivity contribution is 0.262. The smallest absolute Gasteiger partial charge is 0.308 e. The highest BCUT2D eigenvalue weighted by Crippen LogP contribution is 2.28. The van der Waals surface area contributed by atoms with Crippen LogP contribution in [-0.2, 0) is 5.75 Å². The van der Waals surface area contributed by atoms with Gasteiger partial charge in [0, 0.05) is 23.7 Å². The van der Waals surface area contributed by atoms with Crippen molar-refractivity contribution in [3.8, 4) is 0 Å². The fraction of sp³-hybridized carbons (Fsp3) is 0.105. The molecule has 0 saturated carbocycles. The summed E-state index contributed by atoms with van der Waals surface area (Å²) in [6.45, 7) is 1.90. The highest BCUT2D eigenvalue weighted by atomic mass is 32.2. The zero-order valence-electron chi connectivity index (χ0n) is 15.6. The van der Waals surface area contributed by atoms with Gasteiger partial charge in [-0.15, -0.1) is 10.2 Å². The van der Waals surface area contributed by atoms with Crippen LogP contribution >= 0.6 is 23.1 Å². The second kappa shape index (κ2) is 8.59. The molecule has 0 radical (unpaired) electrons. The Labute approximate surface area is 178 Å². The zero-order chi connectivity index (χ0) is 21.1. The van der Waals surface area contributed by atoms with Crippen LogP contribution in [0.2, 0.25) is 0 Å². The van der Waals surface area contributed by atoms with Crippen molar-refractivity contribution in [3.63, 3.8) is 0 Å². The van der Waals surface area contributed by atoms with E-state index < -0.39 is 11.8 Å². The number of halogens is 1. The molecule has 4 aromatic rings. The van der Waals surface area contributed by atoms with E-state index in [1.807, 2.05) is 13.0 Å². The van der Waals surface area contributed by atoms with Gasteiger partial charge in [0.2, 0.25) is 5.13 Å². The number of aryl methyl sites for hydroxylation is 1. The van der Waals surface area contributed by atoms with E-state index in [4.69, 9.17) is 0 Å². The average molecular weight is 443 g/mol. The van der Waals surface area contributed by atoms with Gasteiger partial charge in [0.1, 0.15) is 11.5 Å². The van der Waals surface area contributed by atoms with Gasteiger partial charge in [-0.25, -0.2) is 14.2 Å². The SMILES string of the molecule is Cc1cccn2c(=O)cc(CSc3nnc(NC(=O)Nc4cccc(F)c4)s3)nc12. The Morgan fingerprint density at radius 3 is 2.90 bits per heavy atom. The number of aromatic nitrogens is 4. The fourth-order valence-corrected chi connectivity index (χ4v) is 4.30. The number of amides is 2. The number of rotatable bonds is 5. The number of benzene rings is 1. The van der Waals surface area contributed by atoms with E-state index in [1.54, 1.807) is 18.3 Å². The maximum absolute atomic E-state index is 13.2. The highest BCUT2D eigenvalue weighted by Gasteiger charge is 2.11. The number of hydrogen-bond acceptors (Lipinski definition) is 7. The minimum atomic E-state index is -0.548. The van der Waals surface area contributed by atoms with Crippen molar-refractivity contribution in [1.29, 1.82) is 0 Å². The summed E-state index contributed by atoms with van der Waals surface area (Å²) in [5.74, 6) is -0.0102. The zero-order valence-corrected chi connectivity index (χ0v) is 17.3. The van der Waals surface area contributed by atoms with Gasteiger partial charge >= 0.3 is 6.03 Å². The summed E-state index contributed by atoms with van der Waals surface area (Å²) in [5, 5.41) is 13.3. The van der Waals surface area contributed by atoms with E-state index in [-0.39, 0.29) is 5.56 Å². The monoisotopic (exact) mass is 442 g/mol. The number of fused-ring (bicyclic) bond motifs is 1. The Kier molecular flexibility index (Phi) is 5.72. The summed E-state index contributed by atoms with van der Waals surface area (Å²) in [7, 11) is 0. The third-order valence-corrected chi connectivity index (χ3v) is 6.00. The minimum absolute atomic E-state index is 0.145. The van der Waals surface area contributed by atoms with Crippen LogP contribution in [0.3, 0.4) is 0 Å². The molecule has 11 heteroatoms. The summed E-state index contributed by atoms with van der Waals surface area (Å²) in [6.07, 6.45) is 1.69. The molecule has 0 unspecified atom stereocenters. The lowest BCUT2D eigenvalue weighted by atomic mass is 10.3. The molecule has 0 atom stereocenters. The van der Waals surface area contributed by atoms with E-state index in [2.05, 4.69) is 25.8 Å². The lowest BCUT2D eigenvalue weighted by Gasteiger charge is -2.05. The molecule has 152 valence electrons. The molecule has 3 aromatic heterocycles. The van der Waals surface area contributed by atoms with Crippen molar-refractivity contribution in [2.45, 2.75) is 17.0 Å². The molecule has 0 aliphatic rings. The Balaban J connectivity index is 1.39. The summed E-state index contributed by atoms with van der Waals surface area (Å²) >= 11 is 2.55. The second-order valence-electron chi connectivity index (χ2n) is 6.22. The van der Waals surface area contributed by atoms with Gasteiger partial charge < -0.3 is 5.32 Å². The summed E-state index contributed by atoms with van der Waals surface area (Å²) < 4.78 is 15.3. The van der Waals surface area contributed by atoms with E-state index in [1.165, 1.54) is 51.8 Å².